The number of carboxylic acids is 3. The molecule has 1 aliphatic heterocycles. The molecule has 3 unspecified atom stereocenters. The maximum Gasteiger partial charge on any atom is 0.407 e. The second-order valence-corrected chi connectivity index (χ2v) is 15.6. The Balaban J connectivity index is 1.32. The predicted molar refractivity (Wildman–Crippen MR) is 204 cm³/mol. The molecule has 1 saturated carbocycles. The molecule has 0 spiro atoms. The fourth-order valence-corrected chi connectivity index (χ4v) is 7.26. The number of fused-ring (bicyclic) bond motifs is 1. The molecular weight excluding hydrogens is 716 g/mol. The van der Waals surface area contributed by atoms with Crippen molar-refractivity contribution in [2.75, 3.05) is 111 Å². The summed E-state index contributed by atoms with van der Waals surface area (Å²) in [6.07, 6.45) is 9.80. The summed E-state index contributed by atoms with van der Waals surface area (Å²) in [7, 11) is 0. The van der Waals surface area contributed by atoms with Gasteiger partial charge in [-0.2, -0.15) is 0 Å². The van der Waals surface area contributed by atoms with Crippen LogP contribution in [0.2, 0.25) is 0 Å². The van der Waals surface area contributed by atoms with Gasteiger partial charge in [-0.25, -0.2) is 4.79 Å². The van der Waals surface area contributed by atoms with Crippen LogP contribution >= 0.6 is 0 Å². The van der Waals surface area contributed by atoms with E-state index in [2.05, 4.69) is 22.8 Å². The molecule has 2 amide bonds. The van der Waals surface area contributed by atoms with Crippen molar-refractivity contribution < 1.29 is 53.5 Å². The van der Waals surface area contributed by atoms with Gasteiger partial charge in [-0.05, 0) is 77.0 Å². The molecule has 5 N–H and O–H groups in total. The van der Waals surface area contributed by atoms with Crippen molar-refractivity contribution >= 4 is 29.9 Å². The molecule has 55 heavy (non-hydrogen) atoms. The lowest BCUT2D eigenvalue weighted by atomic mass is 10.1. The van der Waals surface area contributed by atoms with Crippen LogP contribution in [0.3, 0.4) is 0 Å². The Labute approximate surface area is 325 Å². The molecule has 3 aliphatic rings. The van der Waals surface area contributed by atoms with Gasteiger partial charge in [0.15, 0.2) is 0 Å². The number of carbonyl (C=O) groups is 5. The lowest BCUT2D eigenvalue weighted by molar-refractivity contribution is -0.140. The fraction of sp³-hybridized carbons (Fsp3) is 0.816. The minimum absolute atomic E-state index is 0.0552. The molecule has 0 aromatic rings. The average Bonchev–Trinajstić information content (AvgIpc) is 3.74. The first-order chi connectivity index (χ1) is 26.2. The van der Waals surface area contributed by atoms with Crippen LogP contribution in [0.5, 0.6) is 0 Å². The zero-order valence-electron chi connectivity index (χ0n) is 33.1. The van der Waals surface area contributed by atoms with Crippen LogP contribution in [0.15, 0.2) is 12.2 Å². The average molecular weight is 783 g/mol. The summed E-state index contributed by atoms with van der Waals surface area (Å²) in [4.78, 5) is 66.6. The largest absolute Gasteiger partial charge is 0.480 e. The Bertz CT molecular complexity index is 1210. The van der Waals surface area contributed by atoms with E-state index in [-0.39, 0.29) is 38.2 Å². The smallest absolute Gasteiger partial charge is 0.407 e. The number of ether oxygens (including phenoxy) is 3. The third-order valence-corrected chi connectivity index (χ3v) is 10.6. The minimum Gasteiger partial charge on any atom is -0.480 e. The van der Waals surface area contributed by atoms with Crippen LogP contribution in [0.1, 0.15) is 59.3 Å². The third kappa shape index (κ3) is 19.9. The van der Waals surface area contributed by atoms with E-state index in [1.54, 1.807) is 14.7 Å². The van der Waals surface area contributed by atoms with Crippen molar-refractivity contribution in [2.45, 2.75) is 71.0 Å². The molecule has 3 atom stereocenters. The van der Waals surface area contributed by atoms with E-state index >= 15 is 0 Å². The number of amides is 2. The Kier molecular flexibility index (Phi) is 20.4. The Hall–Kier alpha value is -3.35. The van der Waals surface area contributed by atoms with Crippen molar-refractivity contribution in [3.8, 4) is 0 Å². The van der Waals surface area contributed by atoms with Gasteiger partial charge in [-0.3, -0.25) is 38.8 Å². The number of alkyl carbamates (subject to hydrolysis) is 1. The van der Waals surface area contributed by atoms with E-state index < -0.39 is 29.6 Å². The molecule has 1 heterocycles. The van der Waals surface area contributed by atoms with E-state index in [1.807, 2.05) is 25.7 Å². The molecule has 0 aromatic carbocycles. The molecule has 2 aliphatic carbocycles. The van der Waals surface area contributed by atoms with E-state index in [4.69, 9.17) is 14.2 Å². The Morgan fingerprint density at radius 3 is 1.65 bits per heavy atom. The summed E-state index contributed by atoms with van der Waals surface area (Å²) in [6.45, 7) is 9.96. The number of carbonyl (C=O) groups excluding carboxylic acids is 2. The first-order valence-corrected chi connectivity index (χ1v) is 19.8. The highest BCUT2D eigenvalue weighted by molar-refractivity contribution is 5.78. The van der Waals surface area contributed by atoms with Crippen LogP contribution in [-0.2, 0) is 33.4 Å². The quantitative estimate of drug-likeness (QED) is 0.0821. The first kappa shape index (κ1) is 46.0. The maximum absolute atomic E-state index is 13.0. The van der Waals surface area contributed by atoms with Crippen LogP contribution < -0.4 is 10.6 Å². The Morgan fingerprint density at radius 2 is 1.18 bits per heavy atom. The maximum atomic E-state index is 13.0. The molecule has 0 bridgehead atoms. The number of nitrogens with zero attached hydrogens (tertiary/aromatic N) is 4. The SMILES string of the molecule is CC(CCNC(=O)CN1CCN(CC(=O)O)CCN(CC(=O)O)CCN(CC(=O)O)CC1)OCCC(C)(C)OCCNC(=O)OCC1C2CC/C=C/CCC21. The van der Waals surface area contributed by atoms with E-state index in [0.29, 0.717) is 116 Å². The summed E-state index contributed by atoms with van der Waals surface area (Å²) < 4.78 is 17.5. The summed E-state index contributed by atoms with van der Waals surface area (Å²) in [5.41, 5.74) is -0.464. The highest BCUT2D eigenvalue weighted by atomic mass is 16.6. The first-order valence-electron chi connectivity index (χ1n) is 19.8. The molecule has 3 rings (SSSR count). The van der Waals surface area contributed by atoms with Gasteiger partial charge in [0.1, 0.15) is 0 Å². The minimum atomic E-state index is -1.01. The van der Waals surface area contributed by atoms with Crippen molar-refractivity contribution in [1.82, 2.24) is 30.2 Å². The van der Waals surface area contributed by atoms with Gasteiger partial charge in [0.2, 0.25) is 5.91 Å². The lowest BCUT2D eigenvalue weighted by Gasteiger charge is -2.32. The monoisotopic (exact) mass is 782 g/mol. The zero-order chi connectivity index (χ0) is 40.2. The number of nitrogens with one attached hydrogen (secondary N) is 2. The number of hydrogen-bond acceptors (Lipinski definition) is 12. The molecule has 17 heteroatoms. The van der Waals surface area contributed by atoms with E-state index in [9.17, 15) is 39.3 Å². The van der Waals surface area contributed by atoms with Crippen molar-refractivity contribution in [2.24, 2.45) is 17.8 Å². The van der Waals surface area contributed by atoms with Crippen molar-refractivity contribution in [3.05, 3.63) is 12.2 Å². The van der Waals surface area contributed by atoms with Gasteiger partial charge in [0.05, 0.1) is 51.1 Å². The molecule has 17 nitrogen and oxygen atoms in total. The van der Waals surface area contributed by atoms with E-state index in [0.717, 1.165) is 12.8 Å². The number of rotatable bonds is 21. The van der Waals surface area contributed by atoms with Crippen LogP contribution in [-0.4, -0.2) is 188 Å². The molecule has 0 aromatic heterocycles. The molecule has 0 radical (unpaired) electrons. The predicted octanol–water partition coefficient (Wildman–Crippen LogP) is 1.28. The van der Waals surface area contributed by atoms with Crippen molar-refractivity contribution in [1.29, 1.82) is 0 Å². The molecule has 314 valence electrons. The third-order valence-electron chi connectivity index (χ3n) is 10.6. The topological polar surface area (TPSA) is 211 Å². The van der Waals surface area contributed by atoms with Gasteiger partial charge in [-0.15, -0.1) is 0 Å². The number of allylic oxidation sites excluding steroid dienone is 2. The van der Waals surface area contributed by atoms with Gasteiger partial charge in [0, 0.05) is 72.1 Å². The number of aliphatic carboxylic acids is 3. The van der Waals surface area contributed by atoms with E-state index in [1.165, 1.54) is 12.8 Å². The lowest BCUT2D eigenvalue weighted by Crippen LogP contribution is -2.49. The summed E-state index contributed by atoms with van der Waals surface area (Å²) in [5, 5.41) is 33.9. The highest BCUT2D eigenvalue weighted by Crippen LogP contribution is 2.52. The standard InChI is InChI=1S/C38H66N6O11/c1-29(53-22-11-38(2,3)55-23-13-40-37(52)54-28-32-30-8-6-4-5-7-9-31(30)32)10-12-39-33(45)24-41-14-16-42(25-34(46)47)18-20-44(27-36(50)51)21-19-43(17-15-41)26-35(48)49/h4-5,29-32H,6-28H2,1-3H3,(H,39,45)(H,40,52)(H,46,47)(H,48,49)(H,50,51)/b5-4+. The summed E-state index contributed by atoms with van der Waals surface area (Å²) in [5.74, 6) is -1.37. The van der Waals surface area contributed by atoms with Gasteiger partial charge in [0.25, 0.3) is 0 Å². The molecule has 1 saturated heterocycles. The fourth-order valence-electron chi connectivity index (χ4n) is 7.26. The highest BCUT2D eigenvalue weighted by Gasteiger charge is 2.49. The van der Waals surface area contributed by atoms with Gasteiger partial charge >= 0.3 is 24.0 Å². The van der Waals surface area contributed by atoms with Gasteiger partial charge in [-0.1, -0.05) is 12.2 Å². The Morgan fingerprint density at radius 1 is 0.709 bits per heavy atom. The number of carboxylic acid groups (broad SMARTS) is 3. The second-order valence-electron chi connectivity index (χ2n) is 15.6. The van der Waals surface area contributed by atoms with Crippen LogP contribution in [0, 0.1) is 17.8 Å². The number of hydrogen-bond donors (Lipinski definition) is 5. The molecular formula is C38H66N6O11. The van der Waals surface area contributed by atoms with Gasteiger partial charge < -0.3 is 40.2 Å². The summed E-state index contributed by atoms with van der Waals surface area (Å²) >= 11 is 0. The van der Waals surface area contributed by atoms with Crippen LogP contribution in [0.4, 0.5) is 4.79 Å². The van der Waals surface area contributed by atoms with Crippen LogP contribution in [0.25, 0.3) is 0 Å². The molecule has 2 fully saturated rings. The normalized spacial score (nSPS) is 23.4. The van der Waals surface area contributed by atoms with Crippen molar-refractivity contribution in [3.63, 3.8) is 0 Å². The zero-order valence-corrected chi connectivity index (χ0v) is 33.1. The second kappa shape index (κ2) is 24.3. The summed E-state index contributed by atoms with van der Waals surface area (Å²) in [6, 6.07) is 0.